The Morgan fingerprint density at radius 2 is 1.93 bits per heavy atom. The van der Waals surface area contributed by atoms with E-state index >= 15 is 0 Å². The van der Waals surface area contributed by atoms with Crippen molar-refractivity contribution in [1.29, 1.82) is 0 Å². The zero-order valence-electron chi connectivity index (χ0n) is 16.2. The Balaban J connectivity index is 1.29. The molecule has 144 valence electrons. The van der Waals surface area contributed by atoms with Crippen LogP contribution in [0.15, 0.2) is 52.8 Å². The van der Waals surface area contributed by atoms with E-state index in [0.29, 0.717) is 6.04 Å². The summed E-state index contributed by atoms with van der Waals surface area (Å²) in [5.74, 6) is 0.951. The normalized spacial score (nSPS) is 20.2. The maximum Gasteiger partial charge on any atom is 0.191 e. The van der Waals surface area contributed by atoms with Crippen LogP contribution in [-0.2, 0) is 5.41 Å². The molecule has 2 fully saturated rings. The Hall–Kier alpha value is -2.01. The second-order valence-electron chi connectivity index (χ2n) is 7.78. The summed E-state index contributed by atoms with van der Waals surface area (Å²) in [4.78, 5) is 6.99. The number of nitrogens with one attached hydrogen (secondary N) is 2. The van der Waals surface area contributed by atoms with E-state index < -0.39 is 0 Å². The van der Waals surface area contributed by atoms with Gasteiger partial charge in [0.15, 0.2) is 5.96 Å². The summed E-state index contributed by atoms with van der Waals surface area (Å²) in [6.07, 6.45) is 6.16. The van der Waals surface area contributed by atoms with Crippen molar-refractivity contribution in [3.05, 3.63) is 53.4 Å². The molecule has 1 aliphatic heterocycles. The number of aliphatic imine (C=N–C) groups is 1. The highest BCUT2D eigenvalue weighted by molar-refractivity contribution is 7.14. The minimum atomic E-state index is 0.279. The molecule has 0 bridgehead atoms. The van der Waals surface area contributed by atoms with Gasteiger partial charge in [-0.25, -0.2) is 0 Å². The number of rotatable bonds is 5. The first-order valence-corrected chi connectivity index (χ1v) is 11.0. The van der Waals surface area contributed by atoms with E-state index in [1.807, 2.05) is 18.4 Å². The minimum Gasteiger partial charge on any atom is -0.363 e. The number of guanidine groups is 1. The van der Waals surface area contributed by atoms with Crippen LogP contribution in [0.5, 0.6) is 0 Å². The number of thiophene rings is 1. The van der Waals surface area contributed by atoms with Gasteiger partial charge in [-0.1, -0.05) is 36.8 Å². The van der Waals surface area contributed by atoms with Crippen LogP contribution in [0.1, 0.15) is 37.7 Å². The van der Waals surface area contributed by atoms with Gasteiger partial charge in [-0.3, -0.25) is 4.99 Å². The lowest BCUT2D eigenvalue weighted by Crippen LogP contribution is -2.52. The Labute approximate surface area is 166 Å². The summed E-state index contributed by atoms with van der Waals surface area (Å²) in [7, 11) is 1.88. The van der Waals surface area contributed by atoms with Crippen molar-refractivity contribution in [2.75, 3.05) is 31.6 Å². The van der Waals surface area contributed by atoms with Gasteiger partial charge in [0.2, 0.25) is 0 Å². The molecule has 1 aromatic heterocycles. The van der Waals surface area contributed by atoms with E-state index in [1.54, 1.807) is 0 Å². The molecular formula is C22H30N4S. The predicted molar refractivity (Wildman–Crippen MR) is 116 cm³/mol. The van der Waals surface area contributed by atoms with E-state index in [1.165, 1.54) is 29.8 Å². The molecule has 2 heterocycles. The predicted octanol–water partition coefficient (Wildman–Crippen LogP) is 4.00. The van der Waals surface area contributed by atoms with Crippen LogP contribution in [0.4, 0.5) is 5.00 Å². The SMILES string of the molecule is CN=C(NCC1(c2ccccc2)CCC1)NC1CCN(c2cccs2)CC1. The Bertz CT molecular complexity index is 729. The average Bonchev–Trinajstić information content (AvgIpc) is 3.22. The Morgan fingerprint density at radius 1 is 1.15 bits per heavy atom. The lowest BCUT2D eigenvalue weighted by Gasteiger charge is -2.43. The molecule has 0 atom stereocenters. The number of piperidine rings is 1. The van der Waals surface area contributed by atoms with E-state index in [-0.39, 0.29) is 5.41 Å². The summed E-state index contributed by atoms with van der Waals surface area (Å²) in [6, 6.07) is 15.8. The fourth-order valence-corrected chi connectivity index (χ4v) is 5.08. The van der Waals surface area contributed by atoms with Crippen molar-refractivity contribution in [2.24, 2.45) is 4.99 Å². The molecule has 1 saturated carbocycles. The first-order valence-electron chi connectivity index (χ1n) is 10.1. The van der Waals surface area contributed by atoms with Gasteiger partial charge in [0.1, 0.15) is 0 Å². The van der Waals surface area contributed by atoms with E-state index in [0.717, 1.165) is 38.4 Å². The van der Waals surface area contributed by atoms with Crippen LogP contribution in [0.25, 0.3) is 0 Å². The Kier molecular flexibility index (Phi) is 5.67. The van der Waals surface area contributed by atoms with Crippen LogP contribution < -0.4 is 15.5 Å². The summed E-state index contributed by atoms with van der Waals surface area (Å²) in [5, 5.41) is 10.8. The van der Waals surface area contributed by atoms with Crippen molar-refractivity contribution in [3.8, 4) is 0 Å². The molecule has 1 aromatic carbocycles. The summed E-state index contributed by atoms with van der Waals surface area (Å²) in [6.45, 7) is 3.19. The monoisotopic (exact) mass is 382 g/mol. The first kappa shape index (κ1) is 18.4. The zero-order valence-corrected chi connectivity index (χ0v) is 17.0. The Morgan fingerprint density at radius 3 is 2.52 bits per heavy atom. The van der Waals surface area contributed by atoms with E-state index in [9.17, 15) is 0 Å². The number of hydrogen-bond acceptors (Lipinski definition) is 3. The molecule has 0 unspecified atom stereocenters. The molecule has 2 aromatic rings. The molecule has 4 nitrogen and oxygen atoms in total. The van der Waals surface area contributed by atoms with Crippen LogP contribution >= 0.6 is 11.3 Å². The summed E-state index contributed by atoms with van der Waals surface area (Å²) >= 11 is 1.84. The zero-order chi connectivity index (χ0) is 18.5. The molecule has 2 N–H and O–H groups in total. The topological polar surface area (TPSA) is 39.7 Å². The molecular weight excluding hydrogens is 352 g/mol. The third-order valence-electron chi connectivity index (χ3n) is 6.17. The van der Waals surface area contributed by atoms with Gasteiger partial charge in [-0.05, 0) is 48.8 Å². The van der Waals surface area contributed by atoms with Gasteiger partial charge < -0.3 is 15.5 Å². The summed E-state index contributed by atoms with van der Waals surface area (Å²) in [5.41, 5.74) is 1.74. The number of hydrogen-bond donors (Lipinski definition) is 2. The van der Waals surface area contributed by atoms with Crippen molar-refractivity contribution in [3.63, 3.8) is 0 Å². The molecule has 27 heavy (non-hydrogen) atoms. The van der Waals surface area contributed by atoms with Gasteiger partial charge in [-0.2, -0.15) is 0 Å². The quantitative estimate of drug-likeness (QED) is 0.606. The van der Waals surface area contributed by atoms with E-state index in [2.05, 4.69) is 68.4 Å². The smallest absolute Gasteiger partial charge is 0.191 e. The standard InChI is InChI=1S/C22H30N4S/c1-23-21(24-17-22(12-6-13-22)18-7-3-2-4-8-18)25-19-10-14-26(15-11-19)20-9-5-16-27-20/h2-5,7-9,16,19H,6,10-15,17H2,1H3,(H2,23,24,25). The van der Waals surface area contributed by atoms with Crippen LogP contribution in [0.2, 0.25) is 0 Å². The minimum absolute atomic E-state index is 0.279. The van der Waals surface area contributed by atoms with Crippen LogP contribution in [0, 0.1) is 0 Å². The van der Waals surface area contributed by atoms with Crippen molar-refractivity contribution < 1.29 is 0 Å². The lowest BCUT2D eigenvalue weighted by atomic mass is 9.64. The molecule has 0 radical (unpaired) electrons. The molecule has 0 spiro atoms. The first-order chi connectivity index (χ1) is 13.3. The largest absolute Gasteiger partial charge is 0.363 e. The molecule has 1 saturated heterocycles. The van der Waals surface area contributed by atoms with Gasteiger partial charge in [0, 0.05) is 38.1 Å². The highest BCUT2D eigenvalue weighted by atomic mass is 32.1. The average molecular weight is 383 g/mol. The van der Waals surface area contributed by atoms with Crippen LogP contribution in [-0.4, -0.2) is 38.7 Å². The van der Waals surface area contributed by atoms with Gasteiger partial charge >= 0.3 is 0 Å². The van der Waals surface area contributed by atoms with Crippen LogP contribution in [0.3, 0.4) is 0 Å². The third kappa shape index (κ3) is 4.13. The second kappa shape index (κ2) is 8.34. The maximum absolute atomic E-state index is 4.49. The number of nitrogens with zero attached hydrogens (tertiary/aromatic N) is 2. The van der Waals surface area contributed by atoms with Crippen molar-refractivity contribution >= 4 is 22.3 Å². The third-order valence-corrected chi connectivity index (χ3v) is 7.10. The van der Waals surface area contributed by atoms with Crippen molar-refractivity contribution in [2.45, 2.75) is 43.6 Å². The van der Waals surface area contributed by atoms with Crippen molar-refractivity contribution in [1.82, 2.24) is 10.6 Å². The number of benzene rings is 1. The fraction of sp³-hybridized carbons (Fsp3) is 0.500. The maximum atomic E-state index is 4.49. The highest BCUT2D eigenvalue weighted by Gasteiger charge is 2.38. The fourth-order valence-electron chi connectivity index (χ4n) is 4.30. The van der Waals surface area contributed by atoms with E-state index in [4.69, 9.17) is 0 Å². The molecule has 0 amide bonds. The summed E-state index contributed by atoms with van der Waals surface area (Å²) < 4.78 is 0. The van der Waals surface area contributed by atoms with Gasteiger partial charge in [0.05, 0.1) is 5.00 Å². The lowest BCUT2D eigenvalue weighted by molar-refractivity contribution is 0.243. The second-order valence-corrected chi connectivity index (χ2v) is 8.71. The molecule has 1 aliphatic carbocycles. The van der Waals surface area contributed by atoms with Gasteiger partial charge in [0.25, 0.3) is 0 Å². The number of anilines is 1. The highest BCUT2D eigenvalue weighted by Crippen LogP contribution is 2.43. The molecule has 4 rings (SSSR count). The molecule has 5 heteroatoms. The molecule has 2 aliphatic rings. The van der Waals surface area contributed by atoms with Gasteiger partial charge in [-0.15, -0.1) is 11.3 Å².